The van der Waals surface area contributed by atoms with Gasteiger partial charge in [0.25, 0.3) is 0 Å². The Hall–Kier alpha value is -0.820. The highest BCUT2D eigenvalue weighted by molar-refractivity contribution is 5.26. The number of rotatable bonds is 4. The van der Waals surface area contributed by atoms with Crippen molar-refractivity contribution in [2.24, 2.45) is 5.41 Å². The van der Waals surface area contributed by atoms with E-state index in [1.54, 1.807) is 0 Å². The predicted octanol–water partition coefficient (Wildman–Crippen LogP) is 4.29. The maximum atomic E-state index is 10.0. The summed E-state index contributed by atoms with van der Waals surface area (Å²) in [4.78, 5) is 0. The fourth-order valence-corrected chi connectivity index (χ4v) is 2.43. The van der Waals surface area contributed by atoms with E-state index in [4.69, 9.17) is 0 Å². The molecular formula is C17H26O. The summed E-state index contributed by atoms with van der Waals surface area (Å²) in [6.07, 6.45) is 5.73. The Kier molecular flexibility index (Phi) is 4.11. The van der Waals surface area contributed by atoms with E-state index < -0.39 is 0 Å². The number of aliphatic hydroxyl groups excluding tert-OH is 1. The molecular weight excluding hydrogens is 220 g/mol. The molecule has 1 aromatic carbocycles. The van der Waals surface area contributed by atoms with Gasteiger partial charge in [0.05, 0.1) is 6.10 Å². The number of hydrogen-bond acceptors (Lipinski definition) is 1. The molecule has 1 N–H and O–H groups in total. The Morgan fingerprint density at radius 1 is 1.17 bits per heavy atom. The highest BCUT2D eigenvalue weighted by Crippen LogP contribution is 2.36. The van der Waals surface area contributed by atoms with E-state index in [1.165, 1.54) is 30.4 Å². The lowest BCUT2D eigenvalue weighted by molar-refractivity contribution is 0.0560. The lowest BCUT2D eigenvalue weighted by atomic mass is 9.80. The molecule has 0 spiro atoms. The summed E-state index contributed by atoms with van der Waals surface area (Å²) in [7, 11) is 0. The monoisotopic (exact) mass is 246 g/mol. The summed E-state index contributed by atoms with van der Waals surface area (Å²) in [6, 6.07) is 9.04. The quantitative estimate of drug-likeness (QED) is 0.840. The Labute approximate surface area is 111 Å². The summed E-state index contributed by atoms with van der Waals surface area (Å²) in [5.74, 6) is 0.819. The first-order chi connectivity index (χ1) is 8.47. The van der Waals surface area contributed by atoms with Crippen LogP contribution in [0.15, 0.2) is 24.3 Å². The molecule has 1 nitrogen and oxygen atoms in total. The predicted molar refractivity (Wildman–Crippen MR) is 76.8 cm³/mol. The first kappa shape index (κ1) is 13.6. The minimum absolute atomic E-state index is 0.00806. The van der Waals surface area contributed by atoms with Crippen LogP contribution in [0.25, 0.3) is 0 Å². The van der Waals surface area contributed by atoms with Crippen molar-refractivity contribution in [3.8, 4) is 0 Å². The van der Waals surface area contributed by atoms with Crippen LogP contribution >= 0.6 is 0 Å². The average Bonchev–Trinajstić information content (AvgIpc) is 2.24. The lowest BCUT2D eigenvalue weighted by Crippen LogP contribution is -2.26. The molecule has 0 amide bonds. The fraction of sp³-hybridized carbons (Fsp3) is 0.647. The summed E-state index contributed by atoms with van der Waals surface area (Å²) < 4.78 is 0. The van der Waals surface area contributed by atoms with Gasteiger partial charge in [-0.3, -0.25) is 0 Å². The molecule has 0 bridgehead atoms. The van der Waals surface area contributed by atoms with Crippen LogP contribution in [-0.4, -0.2) is 11.2 Å². The van der Waals surface area contributed by atoms with E-state index >= 15 is 0 Å². The Bertz CT molecular complexity index is 368. The van der Waals surface area contributed by atoms with Crippen molar-refractivity contribution in [2.45, 2.75) is 64.9 Å². The van der Waals surface area contributed by atoms with E-state index in [2.05, 4.69) is 45.0 Å². The van der Waals surface area contributed by atoms with Crippen molar-refractivity contribution in [1.82, 2.24) is 0 Å². The molecule has 18 heavy (non-hydrogen) atoms. The third kappa shape index (κ3) is 3.35. The number of aryl methyl sites for hydroxylation is 1. The molecule has 1 fully saturated rings. The molecule has 1 aromatic rings. The van der Waals surface area contributed by atoms with Crippen molar-refractivity contribution >= 4 is 0 Å². The third-order valence-corrected chi connectivity index (χ3v) is 4.26. The maximum absolute atomic E-state index is 10.0. The maximum Gasteiger partial charge on any atom is 0.0591 e. The van der Waals surface area contributed by atoms with Crippen LogP contribution in [0.3, 0.4) is 0 Å². The van der Waals surface area contributed by atoms with Crippen molar-refractivity contribution in [1.29, 1.82) is 0 Å². The Balaban J connectivity index is 1.86. The van der Waals surface area contributed by atoms with Crippen LogP contribution in [0.5, 0.6) is 0 Å². The van der Waals surface area contributed by atoms with Gasteiger partial charge in [0, 0.05) is 0 Å². The molecule has 0 heterocycles. The van der Waals surface area contributed by atoms with Gasteiger partial charge in [-0.05, 0) is 48.1 Å². The lowest BCUT2D eigenvalue weighted by Gasteiger charge is -2.26. The van der Waals surface area contributed by atoms with Gasteiger partial charge in [0.15, 0.2) is 0 Å². The molecule has 1 saturated carbocycles. The largest absolute Gasteiger partial charge is 0.393 e. The fourth-order valence-electron chi connectivity index (χ4n) is 2.43. The van der Waals surface area contributed by atoms with Gasteiger partial charge < -0.3 is 5.11 Å². The zero-order valence-corrected chi connectivity index (χ0v) is 11.9. The minimum atomic E-state index is -0.219. The van der Waals surface area contributed by atoms with E-state index in [0.717, 1.165) is 18.8 Å². The third-order valence-electron chi connectivity index (χ3n) is 4.26. The van der Waals surface area contributed by atoms with Gasteiger partial charge in [-0.25, -0.2) is 0 Å². The molecule has 0 aliphatic heterocycles. The highest BCUT2D eigenvalue weighted by atomic mass is 16.3. The molecule has 1 atom stereocenters. The van der Waals surface area contributed by atoms with Gasteiger partial charge in [-0.15, -0.1) is 0 Å². The summed E-state index contributed by atoms with van der Waals surface area (Å²) in [5.41, 5.74) is 2.84. The van der Waals surface area contributed by atoms with Gasteiger partial charge in [-0.2, -0.15) is 0 Å². The first-order valence-corrected chi connectivity index (χ1v) is 7.24. The molecule has 0 saturated heterocycles. The first-order valence-electron chi connectivity index (χ1n) is 7.24. The van der Waals surface area contributed by atoms with Crippen molar-refractivity contribution in [3.63, 3.8) is 0 Å². The molecule has 1 aliphatic rings. The highest BCUT2D eigenvalue weighted by Gasteiger charge is 2.22. The molecule has 100 valence electrons. The van der Waals surface area contributed by atoms with E-state index in [-0.39, 0.29) is 11.5 Å². The number of hydrogen-bond donors (Lipinski definition) is 1. The smallest absolute Gasteiger partial charge is 0.0591 e. The van der Waals surface area contributed by atoms with Crippen LogP contribution in [0.2, 0.25) is 0 Å². The standard InChI is InChI=1S/C17H26O/c1-17(2,3)16(18)12-9-13-7-10-15(11-8-13)14-5-4-6-14/h7-8,10-11,14,16,18H,4-6,9,12H2,1-3H3. The number of aliphatic hydroxyl groups is 1. The van der Waals surface area contributed by atoms with Gasteiger partial charge >= 0.3 is 0 Å². The molecule has 0 aromatic heterocycles. The molecule has 2 rings (SSSR count). The van der Waals surface area contributed by atoms with Crippen molar-refractivity contribution < 1.29 is 5.11 Å². The Morgan fingerprint density at radius 3 is 2.22 bits per heavy atom. The second kappa shape index (κ2) is 5.44. The number of benzene rings is 1. The molecule has 1 heteroatoms. The van der Waals surface area contributed by atoms with Crippen molar-refractivity contribution in [2.75, 3.05) is 0 Å². The zero-order chi connectivity index (χ0) is 13.2. The molecule has 1 aliphatic carbocycles. The second-order valence-electron chi connectivity index (χ2n) is 6.79. The van der Waals surface area contributed by atoms with Crippen LogP contribution < -0.4 is 0 Å². The van der Waals surface area contributed by atoms with E-state index in [1.807, 2.05) is 0 Å². The summed E-state index contributed by atoms with van der Waals surface area (Å²) >= 11 is 0. The SMILES string of the molecule is CC(C)(C)C(O)CCc1ccc(C2CCC2)cc1. The Morgan fingerprint density at radius 2 is 1.78 bits per heavy atom. The van der Waals surface area contributed by atoms with E-state index in [9.17, 15) is 5.11 Å². The average molecular weight is 246 g/mol. The normalized spacial score (nSPS) is 18.4. The van der Waals surface area contributed by atoms with Crippen LogP contribution in [0.4, 0.5) is 0 Å². The zero-order valence-electron chi connectivity index (χ0n) is 11.9. The summed E-state index contributed by atoms with van der Waals surface area (Å²) in [6.45, 7) is 6.28. The van der Waals surface area contributed by atoms with Crippen LogP contribution in [0, 0.1) is 5.41 Å². The van der Waals surface area contributed by atoms with Gasteiger partial charge in [0.2, 0.25) is 0 Å². The van der Waals surface area contributed by atoms with Gasteiger partial charge in [-0.1, -0.05) is 51.5 Å². The topological polar surface area (TPSA) is 20.2 Å². The van der Waals surface area contributed by atoms with Crippen LogP contribution in [0.1, 0.15) is 63.5 Å². The molecule has 0 radical (unpaired) electrons. The minimum Gasteiger partial charge on any atom is -0.393 e. The molecule has 1 unspecified atom stereocenters. The summed E-state index contributed by atoms with van der Waals surface area (Å²) in [5, 5.41) is 10.0. The second-order valence-corrected chi connectivity index (χ2v) is 6.79. The van der Waals surface area contributed by atoms with Crippen molar-refractivity contribution in [3.05, 3.63) is 35.4 Å². The van der Waals surface area contributed by atoms with Crippen LogP contribution in [-0.2, 0) is 6.42 Å². The van der Waals surface area contributed by atoms with E-state index in [0.29, 0.717) is 0 Å². The van der Waals surface area contributed by atoms with Gasteiger partial charge in [0.1, 0.15) is 0 Å².